The summed E-state index contributed by atoms with van der Waals surface area (Å²) in [6, 6.07) is 8.49. The molecular formula is C12H10N2O3. The zero-order chi connectivity index (χ0) is 12.1. The largest absolute Gasteiger partial charge is 0.465 e. The number of ether oxygens (including phenoxy) is 2. The van der Waals surface area contributed by atoms with Gasteiger partial charge in [-0.2, -0.15) is 0 Å². The SMILES string of the molecule is COC(=O)c1ccc(Oc2ccccn2)nc1. The first-order chi connectivity index (χ1) is 8.29. The molecule has 5 nitrogen and oxygen atoms in total. The zero-order valence-electron chi connectivity index (χ0n) is 9.16. The number of carbonyl (C=O) groups excluding carboxylic acids is 1. The highest BCUT2D eigenvalue weighted by molar-refractivity contribution is 5.88. The lowest BCUT2D eigenvalue weighted by molar-refractivity contribution is 0.0600. The lowest BCUT2D eigenvalue weighted by Gasteiger charge is -2.03. The molecule has 0 radical (unpaired) electrons. The highest BCUT2D eigenvalue weighted by atomic mass is 16.5. The second-order valence-electron chi connectivity index (χ2n) is 3.15. The molecule has 17 heavy (non-hydrogen) atoms. The van der Waals surface area contributed by atoms with Crippen LogP contribution in [0.25, 0.3) is 0 Å². The van der Waals surface area contributed by atoms with Crippen LogP contribution in [0.15, 0.2) is 42.7 Å². The van der Waals surface area contributed by atoms with Gasteiger partial charge in [-0.05, 0) is 12.1 Å². The van der Waals surface area contributed by atoms with Gasteiger partial charge in [-0.1, -0.05) is 6.07 Å². The Morgan fingerprint density at radius 3 is 2.53 bits per heavy atom. The van der Waals surface area contributed by atoms with Crippen molar-refractivity contribution in [1.82, 2.24) is 9.97 Å². The summed E-state index contributed by atoms with van der Waals surface area (Å²) in [5, 5.41) is 0. The molecule has 0 aliphatic rings. The highest BCUT2D eigenvalue weighted by Gasteiger charge is 2.06. The second kappa shape index (κ2) is 5.07. The molecule has 5 heteroatoms. The number of hydrogen-bond donors (Lipinski definition) is 0. The molecular weight excluding hydrogens is 220 g/mol. The quantitative estimate of drug-likeness (QED) is 0.755. The summed E-state index contributed by atoms with van der Waals surface area (Å²) in [7, 11) is 1.32. The van der Waals surface area contributed by atoms with Gasteiger partial charge in [-0.15, -0.1) is 0 Å². The topological polar surface area (TPSA) is 61.3 Å². The van der Waals surface area contributed by atoms with Gasteiger partial charge in [0.15, 0.2) is 0 Å². The van der Waals surface area contributed by atoms with Crippen LogP contribution in [-0.2, 0) is 4.74 Å². The Kier molecular flexibility index (Phi) is 3.30. The minimum absolute atomic E-state index is 0.372. The smallest absolute Gasteiger partial charge is 0.339 e. The Morgan fingerprint density at radius 2 is 1.94 bits per heavy atom. The van der Waals surface area contributed by atoms with Crippen LogP contribution in [0.2, 0.25) is 0 Å². The third-order valence-corrected chi connectivity index (χ3v) is 2.00. The molecule has 0 atom stereocenters. The Balaban J connectivity index is 2.11. The lowest BCUT2D eigenvalue weighted by atomic mass is 10.3. The highest BCUT2D eigenvalue weighted by Crippen LogP contribution is 2.16. The first kappa shape index (κ1) is 11.1. The maximum absolute atomic E-state index is 11.2. The summed E-state index contributed by atoms with van der Waals surface area (Å²) in [6.45, 7) is 0. The van der Waals surface area contributed by atoms with Gasteiger partial charge in [-0.25, -0.2) is 14.8 Å². The van der Waals surface area contributed by atoms with Gasteiger partial charge in [0.05, 0.1) is 12.7 Å². The third kappa shape index (κ3) is 2.78. The van der Waals surface area contributed by atoms with Gasteiger partial charge in [0.25, 0.3) is 0 Å². The number of esters is 1. The number of hydrogen-bond acceptors (Lipinski definition) is 5. The molecule has 0 bridgehead atoms. The van der Waals surface area contributed by atoms with Gasteiger partial charge in [0.1, 0.15) is 0 Å². The fourth-order valence-electron chi connectivity index (χ4n) is 1.19. The molecule has 0 saturated heterocycles. The summed E-state index contributed by atoms with van der Waals surface area (Å²) in [4.78, 5) is 19.1. The van der Waals surface area contributed by atoms with E-state index < -0.39 is 5.97 Å². The van der Waals surface area contributed by atoms with E-state index >= 15 is 0 Å². The van der Waals surface area contributed by atoms with Crippen LogP contribution in [0, 0.1) is 0 Å². The summed E-state index contributed by atoms with van der Waals surface area (Å²) in [5.74, 6) is 0.393. The average molecular weight is 230 g/mol. The predicted octanol–water partition coefficient (Wildman–Crippen LogP) is 2.06. The monoisotopic (exact) mass is 230 g/mol. The van der Waals surface area contributed by atoms with Crippen LogP contribution in [0.5, 0.6) is 11.8 Å². The van der Waals surface area contributed by atoms with Crippen molar-refractivity contribution in [3.05, 3.63) is 48.3 Å². The minimum Gasteiger partial charge on any atom is -0.465 e. The molecule has 0 N–H and O–H groups in total. The van der Waals surface area contributed by atoms with E-state index in [9.17, 15) is 4.79 Å². The molecule has 2 aromatic heterocycles. The molecule has 0 aliphatic heterocycles. The zero-order valence-corrected chi connectivity index (χ0v) is 9.16. The number of pyridine rings is 2. The minimum atomic E-state index is -0.429. The number of aromatic nitrogens is 2. The van der Waals surface area contributed by atoms with Crippen LogP contribution in [-0.4, -0.2) is 23.0 Å². The van der Waals surface area contributed by atoms with E-state index in [2.05, 4.69) is 14.7 Å². The molecule has 0 aromatic carbocycles. The molecule has 0 spiro atoms. The Morgan fingerprint density at radius 1 is 1.12 bits per heavy atom. The molecule has 0 amide bonds. The van der Waals surface area contributed by atoms with Crippen LogP contribution in [0.3, 0.4) is 0 Å². The second-order valence-corrected chi connectivity index (χ2v) is 3.15. The number of rotatable bonds is 3. The summed E-state index contributed by atoms with van der Waals surface area (Å²) >= 11 is 0. The molecule has 2 heterocycles. The van der Waals surface area contributed by atoms with Gasteiger partial charge in [-0.3, -0.25) is 0 Å². The van der Waals surface area contributed by atoms with Crippen LogP contribution in [0.4, 0.5) is 0 Å². The van der Waals surface area contributed by atoms with Gasteiger partial charge in [0, 0.05) is 24.5 Å². The van der Waals surface area contributed by atoms with Gasteiger partial charge >= 0.3 is 5.97 Å². The van der Waals surface area contributed by atoms with Crippen LogP contribution in [0.1, 0.15) is 10.4 Å². The van der Waals surface area contributed by atoms with E-state index in [1.165, 1.54) is 13.3 Å². The molecule has 2 aromatic rings. The lowest BCUT2D eigenvalue weighted by Crippen LogP contribution is -2.01. The van der Waals surface area contributed by atoms with Crippen molar-refractivity contribution in [3.63, 3.8) is 0 Å². The van der Waals surface area contributed by atoms with Crippen molar-refractivity contribution in [3.8, 4) is 11.8 Å². The van der Waals surface area contributed by atoms with Crippen molar-refractivity contribution < 1.29 is 14.3 Å². The molecule has 0 saturated carbocycles. The van der Waals surface area contributed by atoms with E-state index in [1.54, 1.807) is 30.5 Å². The average Bonchev–Trinajstić information content (AvgIpc) is 2.40. The Labute approximate surface area is 98.0 Å². The maximum Gasteiger partial charge on any atom is 0.339 e. The van der Waals surface area contributed by atoms with Crippen LogP contribution < -0.4 is 4.74 Å². The van der Waals surface area contributed by atoms with Crippen molar-refractivity contribution in [1.29, 1.82) is 0 Å². The maximum atomic E-state index is 11.2. The summed E-state index contributed by atoms with van der Waals surface area (Å²) < 4.78 is 9.93. The molecule has 0 unspecified atom stereocenters. The third-order valence-electron chi connectivity index (χ3n) is 2.00. The van der Waals surface area contributed by atoms with Crippen LogP contribution >= 0.6 is 0 Å². The number of carbonyl (C=O) groups is 1. The first-order valence-electron chi connectivity index (χ1n) is 4.93. The predicted molar refractivity (Wildman–Crippen MR) is 59.9 cm³/mol. The molecule has 2 rings (SSSR count). The van der Waals surface area contributed by atoms with E-state index in [1.807, 2.05) is 6.07 Å². The fourth-order valence-corrected chi connectivity index (χ4v) is 1.19. The van der Waals surface area contributed by atoms with Gasteiger partial charge < -0.3 is 9.47 Å². The van der Waals surface area contributed by atoms with Crippen molar-refractivity contribution in [2.75, 3.05) is 7.11 Å². The Hall–Kier alpha value is -2.43. The van der Waals surface area contributed by atoms with E-state index in [-0.39, 0.29) is 0 Å². The molecule has 86 valence electrons. The van der Waals surface area contributed by atoms with E-state index in [0.717, 1.165) is 0 Å². The summed E-state index contributed by atoms with van der Waals surface area (Å²) in [6.07, 6.45) is 3.02. The van der Waals surface area contributed by atoms with E-state index in [4.69, 9.17) is 4.74 Å². The van der Waals surface area contributed by atoms with Crippen molar-refractivity contribution in [2.45, 2.75) is 0 Å². The van der Waals surface area contributed by atoms with Crippen molar-refractivity contribution >= 4 is 5.97 Å². The normalized spacial score (nSPS) is 9.71. The first-order valence-corrected chi connectivity index (χ1v) is 4.93. The fraction of sp³-hybridized carbons (Fsp3) is 0.0833. The molecule has 0 fully saturated rings. The summed E-state index contributed by atoms with van der Waals surface area (Å²) in [5.41, 5.74) is 0.376. The standard InChI is InChI=1S/C12H10N2O3/c1-16-12(15)9-5-6-11(14-8-9)17-10-4-2-3-7-13-10/h2-8H,1H3. The van der Waals surface area contributed by atoms with E-state index in [0.29, 0.717) is 17.3 Å². The van der Waals surface area contributed by atoms with Crippen molar-refractivity contribution in [2.24, 2.45) is 0 Å². The number of methoxy groups -OCH3 is 1. The molecule has 0 aliphatic carbocycles. The number of nitrogens with zero attached hydrogens (tertiary/aromatic N) is 2. The van der Waals surface area contributed by atoms with Gasteiger partial charge in [0.2, 0.25) is 11.8 Å². The Bertz CT molecular complexity index is 497.